The minimum absolute atomic E-state index is 0.218. The van der Waals surface area contributed by atoms with Gasteiger partial charge in [0.2, 0.25) is 5.91 Å². The van der Waals surface area contributed by atoms with Crippen molar-refractivity contribution in [1.29, 1.82) is 5.26 Å². The van der Waals surface area contributed by atoms with Gasteiger partial charge in [0.05, 0.1) is 18.7 Å². The first-order valence-electron chi connectivity index (χ1n) is 7.01. The van der Waals surface area contributed by atoms with Crippen LogP contribution in [0, 0.1) is 16.7 Å². The predicted octanol–water partition coefficient (Wildman–Crippen LogP) is 2.68. The first-order valence-corrected chi connectivity index (χ1v) is 7.01. The molecule has 0 fully saturated rings. The van der Waals surface area contributed by atoms with Gasteiger partial charge < -0.3 is 15.8 Å². The number of hydrogen-bond donors (Lipinski definition) is 2. The molecule has 1 aromatic carbocycles. The molecule has 0 saturated heterocycles. The summed E-state index contributed by atoms with van der Waals surface area (Å²) in [5, 5.41) is 11.3. The Morgan fingerprint density at radius 2 is 2.19 bits per heavy atom. The van der Waals surface area contributed by atoms with Crippen molar-refractivity contribution in [1.82, 2.24) is 0 Å². The van der Waals surface area contributed by atoms with Crippen molar-refractivity contribution >= 4 is 11.6 Å². The van der Waals surface area contributed by atoms with Crippen molar-refractivity contribution < 1.29 is 9.53 Å². The maximum absolute atomic E-state index is 12.1. The van der Waals surface area contributed by atoms with Crippen LogP contribution in [0.15, 0.2) is 24.3 Å². The molecule has 0 aromatic heterocycles. The summed E-state index contributed by atoms with van der Waals surface area (Å²) in [6, 6.07) is 8.63. The van der Waals surface area contributed by atoms with E-state index in [1.54, 1.807) is 18.2 Å². The van der Waals surface area contributed by atoms with Gasteiger partial charge in [0, 0.05) is 18.2 Å². The molecule has 5 nitrogen and oxygen atoms in total. The lowest BCUT2D eigenvalue weighted by molar-refractivity contribution is -0.119. The largest absolute Gasteiger partial charge is 0.493 e. The van der Waals surface area contributed by atoms with Crippen molar-refractivity contribution in [2.24, 2.45) is 11.1 Å². The van der Waals surface area contributed by atoms with Crippen LogP contribution in [0.4, 0.5) is 5.69 Å². The summed E-state index contributed by atoms with van der Waals surface area (Å²) in [5.41, 5.74) is 6.27. The van der Waals surface area contributed by atoms with Crippen molar-refractivity contribution in [2.75, 3.05) is 11.9 Å². The van der Waals surface area contributed by atoms with E-state index in [2.05, 4.69) is 11.4 Å². The van der Waals surface area contributed by atoms with Gasteiger partial charge in [0.1, 0.15) is 5.75 Å². The average Bonchev–Trinajstić information content (AvgIpc) is 2.42. The molecule has 1 atom stereocenters. The molecule has 0 aliphatic carbocycles. The molecule has 0 heterocycles. The molecule has 5 heteroatoms. The Bertz CT molecular complexity index is 515. The van der Waals surface area contributed by atoms with E-state index in [1.165, 1.54) is 0 Å². The quantitative estimate of drug-likeness (QED) is 0.788. The van der Waals surface area contributed by atoms with Crippen LogP contribution in [0.5, 0.6) is 5.75 Å². The van der Waals surface area contributed by atoms with E-state index in [1.807, 2.05) is 26.8 Å². The number of ether oxygens (including phenoxy) is 1. The first-order chi connectivity index (χ1) is 9.84. The second kappa shape index (κ2) is 7.65. The number of carbonyl (C=O) groups excluding carboxylic acids is 1. The summed E-state index contributed by atoms with van der Waals surface area (Å²) in [6.07, 6.45) is 1.15. The van der Waals surface area contributed by atoms with Gasteiger partial charge >= 0.3 is 0 Å². The number of unbranched alkanes of at least 4 members (excludes halogenated alkanes) is 1. The second-order valence-electron chi connectivity index (χ2n) is 5.97. The fraction of sp³-hybridized carbons (Fsp3) is 0.500. The zero-order valence-electron chi connectivity index (χ0n) is 12.8. The van der Waals surface area contributed by atoms with Gasteiger partial charge in [0.15, 0.2) is 0 Å². The number of nitrogens with one attached hydrogen (secondary N) is 1. The zero-order valence-corrected chi connectivity index (χ0v) is 12.8. The van der Waals surface area contributed by atoms with Gasteiger partial charge in [-0.25, -0.2) is 0 Å². The maximum Gasteiger partial charge on any atom is 0.241 e. The Labute approximate surface area is 126 Å². The van der Waals surface area contributed by atoms with Crippen molar-refractivity contribution in [3.05, 3.63) is 24.3 Å². The Hall–Kier alpha value is -2.06. The lowest BCUT2D eigenvalue weighted by atomic mass is 9.87. The fourth-order valence-corrected chi connectivity index (χ4v) is 1.62. The summed E-state index contributed by atoms with van der Waals surface area (Å²) in [5.74, 6) is 0.444. The highest BCUT2D eigenvalue weighted by Gasteiger charge is 2.27. The first kappa shape index (κ1) is 17.0. The molecule has 0 bridgehead atoms. The van der Waals surface area contributed by atoms with Gasteiger partial charge in [-0.2, -0.15) is 5.26 Å². The Morgan fingerprint density at radius 1 is 1.48 bits per heavy atom. The Kier molecular flexibility index (Phi) is 6.19. The van der Waals surface area contributed by atoms with Gasteiger partial charge in [-0.05, 0) is 24.0 Å². The number of hydrogen-bond acceptors (Lipinski definition) is 4. The SMILES string of the molecule is CC(C)(C)[C@@H](N)C(=O)Nc1cccc(OCCCC#N)c1. The van der Waals surface area contributed by atoms with E-state index in [-0.39, 0.29) is 11.3 Å². The highest BCUT2D eigenvalue weighted by atomic mass is 16.5. The number of carbonyl (C=O) groups is 1. The number of nitrogens with zero attached hydrogens (tertiary/aromatic N) is 1. The fourth-order valence-electron chi connectivity index (χ4n) is 1.62. The summed E-state index contributed by atoms with van der Waals surface area (Å²) in [7, 11) is 0. The maximum atomic E-state index is 12.1. The van der Waals surface area contributed by atoms with Crippen molar-refractivity contribution in [3.63, 3.8) is 0 Å². The third kappa shape index (κ3) is 5.84. The molecular formula is C16H23N3O2. The second-order valence-corrected chi connectivity index (χ2v) is 5.97. The molecule has 0 saturated carbocycles. The van der Waals surface area contributed by atoms with E-state index >= 15 is 0 Å². The van der Waals surface area contributed by atoms with E-state index in [4.69, 9.17) is 15.7 Å². The van der Waals surface area contributed by atoms with Crippen molar-refractivity contribution in [3.8, 4) is 11.8 Å². The van der Waals surface area contributed by atoms with Crippen LogP contribution in [0.25, 0.3) is 0 Å². The molecule has 0 unspecified atom stereocenters. The summed E-state index contributed by atoms with van der Waals surface area (Å²) in [4.78, 5) is 12.1. The summed E-state index contributed by atoms with van der Waals surface area (Å²) < 4.78 is 5.52. The minimum atomic E-state index is -0.585. The molecule has 0 spiro atoms. The van der Waals surface area contributed by atoms with Crippen LogP contribution in [-0.4, -0.2) is 18.6 Å². The zero-order chi connectivity index (χ0) is 15.9. The lowest BCUT2D eigenvalue weighted by Crippen LogP contribution is -2.45. The van der Waals surface area contributed by atoms with Gasteiger partial charge in [-0.15, -0.1) is 0 Å². The molecule has 0 aliphatic rings. The number of rotatable bonds is 6. The number of anilines is 1. The standard InChI is InChI=1S/C16H23N3O2/c1-16(2,3)14(18)15(20)19-12-7-6-8-13(11-12)21-10-5-4-9-17/h6-8,11,14H,4-5,10,18H2,1-3H3,(H,19,20)/t14-/m0/s1. The van der Waals surface area contributed by atoms with Crippen LogP contribution in [0.2, 0.25) is 0 Å². The molecule has 1 rings (SSSR count). The molecular weight excluding hydrogens is 266 g/mol. The highest BCUT2D eigenvalue weighted by molar-refractivity contribution is 5.95. The van der Waals surface area contributed by atoms with Gasteiger partial charge in [0.25, 0.3) is 0 Å². The van der Waals surface area contributed by atoms with Crippen LogP contribution < -0.4 is 15.8 Å². The topological polar surface area (TPSA) is 88.1 Å². The third-order valence-electron chi connectivity index (χ3n) is 3.02. The third-order valence-corrected chi connectivity index (χ3v) is 3.02. The van der Waals surface area contributed by atoms with Gasteiger partial charge in [-0.3, -0.25) is 4.79 Å². The van der Waals surface area contributed by atoms with Crippen LogP contribution >= 0.6 is 0 Å². The molecule has 0 radical (unpaired) electrons. The molecule has 114 valence electrons. The lowest BCUT2D eigenvalue weighted by Gasteiger charge is -2.25. The molecule has 1 amide bonds. The Morgan fingerprint density at radius 3 is 2.81 bits per heavy atom. The van der Waals surface area contributed by atoms with E-state index < -0.39 is 6.04 Å². The van der Waals surface area contributed by atoms with E-state index in [0.29, 0.717) is 30.9 Å². The minimum Gasteiger partial charge on any atom is -0.493 e. The van der Waals surface area contributed by atoms with E-state index in [0.717, 1.165) is 0 Å². The summed E-state index contributed by atoms with van der Waals surface area (Å²) >= 11 is 0. The molecule has 0 aliphatic heterocycles. The van der Waals surface area contributed by atoms with Crippen molar-refractivity contribution in [2.45, 2.75) is 39.7 Å². The predicted molar refractivity (Wildman–Crippen MR) is 82.8 cm³/mol. The average molecular weight is 289 g/mol. The van der Waals surface area contributed by atoms with E-state index in [9.17, 15) is 4.79 Å². The number of amides is 1. The van der Waals surface area contributed by atoms with Gasteiger partial charge in [-0.1, -0.05) is 26.8 Å². The van der Waals surface area contributed by atoms with Crippen LogP contribution in [-0.2, 0) is 4.79 Å². The van der Waals surface area contributed by atoms with Crippen LogP contribution in [0.3, 0.4) is 0 Å². The molecule has 3 N–H and O–H groups in total. The Balaban J connectivity index is 2.60. The molecule has 21 heavy (non-hydrogen) atoms. The summed E-state index contributed by atoms with van der Waals surface area (Å²) in [6.45, 7) is 6.25. The number of benzene rings is 1. The molecule has 1 aromatic rings. The number of nitriles is 1. The van der Waals surface area contributed by atoms with Crippen LogP contribution in [0.1, 0.15) is 33.6 Å². The number of nitrogens with two attached hydrogens (primary N) is 1. The normalized spacial score (nSPS) is 12.3. The highest BCUT2D eigenvalue weighted by Crippen LogP contribution is 2.21. The monoisotopic (exact) mass is 289 g/mol. The smallest absolute Gasteiger partial charge is 0.241 e.